The highest BCUT2D eigenvalue weighted by atomic mass is 32.2. The highest BCUT2D eigenvalue weighted by Crippen LogP contribution is 2.12. The number of aryl methyl sites for hydroxylation is 1. The van der Waals surface area contributed by atoms with Crippen molar-refractivity contribution in [1.29, 1.82) is 0 Å². The van der Waals surface area contributed by atoms with Crippen LogP contribution in [0.4, 0.5) is 0 Å². The van der Waals surface area contributed by atoms with Crippen LogP contribution < -0.4 is 4.72 Å². The van der Waals surface area contributed by atoms with Crippen LogP contribution in [0.15, 0.2) is 29.2 Å². The minimum atomic E-state index is -3.95. The average Bonchev–Trinajstić information content (AvgIpc) is 2.37. The highest BCUT2D eigenvalue weighted by Gasteiger charge is 2.25. The molecule has 7 nitrogen and oxygen atoms in total. The minimum Gasteiger partial charge on any atom is -0.481 e. The Bertz CT molecular complexity index is 608. The van der Waals surface area contributed by atoms with Gasteiger partial charge < -0.3 is 10.2 Å². The Hall–Kier alpha value is -1.93. The summed E-state index contributed by atoms with van der Waals surface area (Å²) in [6.07, 6.45) is -0.231. The number of sulfonamides is 1. The van der Waals surface area contributed by atoms with Crippen molar-refractivity contribution >= 4 is 22.0 Å². The Morgan fingerprint density at radius 3 is 2.24 bits per heavy atom. The van der Waals surface area contributed by atoms with Crippen molar-refractivity contribution in [1.82, 2.24) is 4.72 Å². The molecule has 0 unspecified atom stereocenters. The maximum atomic E-state index is 12.1. The molecule has 0 saturated heterocycles. The molecule has 0 aromatic heterocycles. The summed E-state index contributed by atoms with van der Waals surface area (Å²) >= 11 is 0. The first-order chi connectivity index (χ1) is 9.72. The van der Waals surface area contributed by atoms with Gasteiger partial charge in [0.05, 0.1) is 4.90 Å². The van der Waals surface area contributed by atoms with Crippen LogP contribution in [0.3, 0.4) is 0 Å². The van der Waals surface area contributed by atoms with E-state index in [-0.39, 0.29) is 24.2 Å². The molecule has 1 atom stereocenters. The number of nitrogens with one attached hydrogen (secondary N) is 1. The Kier molecular flexibility index (Phi) is 5.86. The number of carboxylic acid groups (broad SMARTS) is 2. The molecule has 0 amide bonds. The van der Waals surface area contributed by atoms with Crippen molar-refractivity contribution in [2.24, 2.45) is 0 Å². The number of aliphatic carboxylic acids is 2. The Balaban J connectivity index is 2.79. The Morgan fingerprint density at radius 1 is 1.19 bits per heavy atom. The van der Waals surface area contributed by atoms with E-state index in [2.05, 4.69) is 4.72 Å². The van der Waals surface area contributed by atoms with Crippen LogP contribution in [0, 0.1) is 6.92 Å². The second-order valence-corrected chi connectivity index (χ2v) is 6.33. The molecule has 1 aromatic rings. The summed E-state index contributed by atoms with van der Waals surface area (Å²) in [6.45, 7) is 1.80. The first kappa shape index (κ1) is 17.1. The van der Waals surface area contributed by atoms with Crippen LogP contribution in [0.2, 0.25) is 0 Å². The van der Waals surface area contributed by atoms with E-state index in [4.69, 9.17) is 10.2 Å². The predicted octanol–water partition coefficient (Wildman–Crippen LogP) is 0.981. The summed E-state index contributed by atoms with van der Waals surface area (Å²) < 4.78 is 26.2. The maximum absolute atomic E-state index is 12.1. The van der Waals surface area contributed by atoms with E-state index in [0.29, 0.717) is 0 Å². The SMILES string of the molecule is Cc1ccc(S(=O)(=O)N[C@H](CCCC(=O)O)C(=O)O)cc1. The van der Waals surface area contributed by atoms with Crippen LogP contribution in [0.5, 0.6) is 0 Å². The zero-order chi connectivity index (χ0) is 16.0. The number of carboxylic acids is 2. The average molecular weight is 315 g/mol. The first-order valence-corrected chi connectivity index (χ1v) is 7.74. The molecule has 0 heterocycles. The Morgan fingerprint density at radius 2 is 1.76 bits per heavy atom. The number of carbonyl (C=O) groups is 2. The number of hydrogen-bond donors (Lipinski definition) is 3. The molecule has 1 rings (SSSR count). The minimum absolute atomic E-state index is 0.0300. The van der Waals surface area contributed by atoms with Crippen LogP contribution >= 0.6 is 0 Å². The van der Waals surface area contributed by atoms with Gasteiger partial charge in [0.15, 0.2) is 0 Å². The van der Waals surface area contributed by atoms with Gasteiger partial charge >= 0.3 is 11.9 Å². The van der Waals surface area contributed by atoms with E-state index in [0.717, 1.165) is 5.56 Å². The van der Waals surface area contributed by atoms with Gasteiger partial charge in [0.1, 0.15) is 6.04 Å². The molecule has 8 heteroatoms. The maximum Gasteiger partial charge on any atom is 0.321 e. The highest BCUT2D eigenvalue weighted by molar-refractivity contribution is 7.89. The van der Waals surface area contributed by atoms with Gasteiger partial charge in [-0.2, -0.15) is 4.72 Å². The molecule has 0 aliphatic carbocycles. The van der Waals surface area contributed by atoms with E-state index in [1.54, 1.807) is 19.1 Å². The fourth-order valence-electron chi connectivity index (χ4n) is 1.66. The molecule has 0 aliphatic rings. The van der Waals surface area contributed by atoms with Gasteiger partial charge in [0, 0.05) is 6.42 Å². The molecule has 0 saturated carbocycles. The number of rotatable bonds is 8. The summed E-state index contributed by atoms with van der Waals surface area (Å²) in [5.41, 5.74) is 0.880. The van der Waals surface area contributed by atoms with Gasteiger partial charge in [-0.25, -0.2) is 8.42 Å². The van der Waals surface area contributed by atoms with Gasteiger partial charge in [-0.05, 0) is 31.9 Å². The quantitative estimate of drug-likeness (QED) is 0.657. The van der Waals surface area contributed by atoms with E-state index in [1.807, 2.05) is 0 Å². The molecule has 3 N–H and O–H groups in total. The van der Waals surface area contributed by atoms with Gasteiger partial charge in [0.25, 0.3) is 0 Å². The molecule has 0 aliphatic heterocycles. The van der Waals surface area contributed by atoms with Crippen molar-refractivity contribution in [2.75, 3.05) is 0 Å². The van der Waals surface area contributed by atoms with Crippen molar-refractivity contribution < 1.29 is 28.2 Å². The van der Waals surface area contributed by atoms with Crippen molar-refractivity contribution in [2.45, 2.75) is 37.1 Å². The normalized spacial score (nSPS) is 12.8. The smallest absolute Gasteiger partial charge is 0.321 e. The molecule has 21 heavy (non-hydrogen) atoms. The van der Waals surface area contributed by atoms with E-state index in [1.165, 1.54) is 12.1 Å². The van der Waals surface area contributed by atoms with E-state index >= 15 is 0 Å². The third kappa shape index (κ3) is 5.52. The summed E-state index contributed by atoms with van der Waals surface area (Å²) in [4.78, 5) is 21.4. The third-order valence-electron chi connectivity index (χ3n) is 2.81. The van der Waals surface area contributed by atoms with Gasteiger partial charge in [-0.15, -0.1) is 0 Å². The van der Waals surface area contributed by atoms with Gasteiger partial charge in [0.2, 0.25) is 10.0 Å². The summed E-state index contributed by atoms with van der Waals surface area (Å²) in [5, 5.41) is 17.5. The monoisotopic (exact) mass is 315 g/mol. The van der Waals surface area contributed by atoms with Crippen LogP contribution in [-0.4, -0.2) is 36.6 Å². The lowest BCUT2D eigenvalue weighted by atomic mass is 10.1. The summed E-state index contributed by atoms with van der Waals surface area (Å²) in [5.74, 6) is -2.39. The van der Waals surface area contributed by atoms with E-state index < -0.39 is 28.0 Å². The lowest BCUT2D eigenvalue weighted by molar-refractivity contribution is -0.140. The molecule has 0 radical (unpaired) electrons. The first-order valence-electron chi connectivity index (χ1n) is 6.26. The lowest BCUT2D eigenvalue weighted by Crippen LogP contribution is -2.40. The third-order valence-corrected chi connectivity index (χ3v) is 4.30. The van der Waals surface area contributed by atoms with Gasteiger partial charge in [-0.1, -0.05) is 17.7 Å². The van der Waals surface area contributed by atoms with Crippen molar-refractivity contribution in [3.05, 3.63) is 29.8 Å². The van der Waals surface area contributed by atoms with Crippen molar-refractivity contribution in [3.63, 3.8) is 0 Å². The summed E-state index contributed by atoms with van der Waals surface area (Å²) in [7, 11) is -3.95. The number of benzene rings is 1. The van der Waals surface area contributed by atoms with Crippen molar-refractivity contribution in [3.8, 4) is 0 Å². The van der Waals surface area contributed by atoms with Crippen LogP contribution in [0.1, 0.15) is 24.8 Å². The van der Waals surface area contributed by atoms with Crippen LogP contribution in [0.25, 0.3) is 0 Å². The zero-order valence-corrected chi connectivity index (χ0v) is 12.3. The largest absolute Gasteiger partial charge is 0.481 e. The zero-order valence-electron chi connectivity index (χ0n) is 11.4. The second kappa shape index (κ2) is 7.19. The second-order valence-electron chi connectivity index (χ2n) is 4.61. The molecule has 0 fully saturated rings. The molecule has 116 valence electrons. The topological polar surface area (TPSA) is 121 Å². The fourth-order valence-corrected chi connectivity index (χ4v) is 2.89. The van der Waals surface area contributed by atoms with E-state index in [9.17, 15) is 18.0 Å². The predicted molar refractivity (Wildman–Crippen MR) is 74.4 cm³/mol. The van der Waals surface area contributed by atoms with Crippen LogP contribution in [-0.2, 0) is 19.6 Å². The molecule has 0 bridgehead atoms. The van der Waals surface area contributed by atoms with Gasteiger partial charge in [-0.3, -0.25) is 9.59 Å². The summed E-state index contributed by atoms with van der Waals surface area (Å²) in [6, 6.07) is 4.63. The fraction of sp³-hybridized carbons (Fsp3) is 0.385. The number of hydrogen-bond acceptors (Lipinski definition) is 4. The standard InChI is InChI=1S/C13H17NO6S/c1-9-5-7-10(8-6-9)21(19,20)14-11(13(17)18)3-2-4-12(15)16/h5-8,11,14H,2-4H2,1H3,(H,15,16)(H,17,18)/t11-/m1/s1. The lowest BCUT2D eigenvalue weighted by Gasteiger charge is -2.14. The molecule has 0 spiro atoms. The molecular formula is C13H17NO6S. The molecule has 1 aromatic carbocycles. The Labute approximate surface area is 122 Å². The molecular weight excluding hydrogens is 298 g/mol.